The van der Waals surface area contributed by atoms with Gasteiger partial charge >= 0.3 is 6.18 Å². The van der Waals surface area contributed by atoms with Crippen LogP contribution < -0.4 is 5.73 Å². The van der Waals surface area contributed by atoms with Crippen LogP contribution >= 0.6 is 0 Å². The van der Waals surface area contributed by atoms with Crippen molar-refractivity contribution in [1.82, 2.24) is 4.90 Å². The van der Waals surface area contributed by atoms with Gasteiger partial charge < -0.3 is 5.73 Å². The zero-order valence-corrected chi connectivity index (χ0v) is 11.0. The van der Waals surface area contributed by atoms with Crippen LogP contribution in [-0.4, -0.2) is 30.7 Å². The van der Waals surface area contributed by atoms with Crippen LogP contribution in [0.2, 0.25) is 0 Å². The van der Waals surface area contributed by atoms with Crippen LogP contribution in [0.4, 0.5) is 13.2 Å². The molecule has 0 unspecified atom stereocenters. The van der Waals surface area contributed by atoms with Gasteiger partial charge in [0.05, 0.1) is 5.41 Å². The Labute approximate surface area is 111 Å². The minimum Gasteiger partial charge on any atom is -0.330 e. The third-order valence-corrected chi connectivity index (χ3v) is 4.11. The Morgan fingerprint density at radius 3 is 2.42 bits per heavy atom. The molecule has 0 bridgehead atoms. The molecular weight excluding hydrogens is 253 g/mol. The lowest BCUT2D eigenvalue weighted by molar-refractivity contribution is -0.224. The van der Waals surface area contributed by atoms with Crippen molar-refractivity contribution in [3.05, 3.63) is 35.9 Å². The molecule has 19 heavy (non-hydrogen) atoms. The van der Waals surface area contributed by atoms with Gasteiger partial charge in [0.1, 0.15) is 0 Å². The molecule has 2 atom stereocenters. The van der Waals surface area contributed by atoms with E-state index in [0.717, 1.165) is 5.56 Å². The molecule has 0 radical (unpaired) electrons. The highest BCUT2D eigenvalue weighted by atomic mass is 19.4. The van der Waals surface area contributed by atoms with E-state index >= 15 is 0 Å². The van der Waals surface area contributed by atoms with Gasteiger partial charge in [-0.1, -0.05) is 30.3 Å². The maximum absolute atomic E-state index is 13.2. The summed E-state index contributed by atoms with van der Waals surface area (Å²) < 4.78 is 39.6. The normalized spacial score (nSPS) is 28.8. The highest BCUT2D eigenvalue weighted by molar-refractivity contribution is 5.15. The number of hydrogen-bond donors (Lipinski definition) is 1. The Balaban J connectivity index is 2.11. The third kappa shape index (κ3) is 2.77. The molecule has 1 aliphatic rings. The number of likely N-dealkylation sites (tertiary alicyclic amines) is 1. The first-order chi connectivity index (χ1) is 8.87. The van der Waals surface area contributed by atoms with Gasteiger partial charge in [-0.15, -0.1) is 0 Å². The lowest BCUT2D eigenvalue weighted by Gasteiger charge is -2.32. The fraction of sp³-hybridized carbons (Fsp3) is 0.571. The van der Waals surface area contributed by atoms with Crippen molar-refractivity contribution in [2.24, 2.45) is 17.1 Å². The summed E-state index contributed by atoms with van der Waals surface area (Å²) >= 11 is 0. The van der Waals surface area contributed by atoms with E-state index in [1.54, 1.807) is 0 Å². The molecule has 1 saturated heterocycles. The molecule has 0 amide bonds. The quantitative estimate of drug-likeness (QED) is 0.916. The van der Waals surface area contributed by atoms with Crippen molar-refractivity contribution >= 4 is 0 Å². The summed E-state index contributed by atoms with van der Waals surface area (Å²) in [5, 5.41) is 0. The Kier molecular flexibility index (Phi) is 3.87. The van der Waals surface area contributed by atoms with Gasteiger partial charge in [0.2, 0.25) is 0 Å². The number of nitrogens with two attached hydrogens (primary N) is 1. The topological polar surface area (TPSA) is 29.3 Å². The number of benzene rings is 1. The summed E-state index contributed by atoms with van der Waals surface area (Å²) in [4.78, 5) is 1.85. The lowest BCUT2D eigenvalue weighted by atomic mass is 9.79. The second-order valence-corrected chi connectivity index (χ2v) is 5.50. The predicted octanol–water partition coefficient (Wildman–Crippen LogP) is 2.65. The van der Waals surface area contributed by atoms with Gasteiger partial charge in [0.25, 0.3) is 0 Å². The molecule has 0 saturated carbocycles. The molecule has 0 aromatic heterocycles. The van der Waals surface area contributed by atoms with Gasteiger partial charge in [0, 0.05) is 19.6 Å². The van der Waals surface area contributed by atoms with E-state index in [2.05, 4.69) is 0 Å². The van der Waals surface area contributed by atoms with E-state index in [1.807, 2.05) is 35.2 Å². The number of alkyl halides is 3. The standard InChI is InChI=1S/C14H19F3N2/c1-13(14(15,16)17)10-19(9-12(13)7-18)8-11-5-3-2-4-6-11/h2-6,12H,7-10,18H2,1H3/t12-,13+/m1/s1. The summed E-state index contributed by atoms with van der Waals surface area (Å²) in [6, 6.07) is 9.56. The Hall–Kier alpha value is -1.07. The second-order valence-electron chi connectivity index (χ2n) is 5.50. The number of halogens is 3. The zero-order chi connectivity index (χ0) is 14.1. The fourth-order valence-electron chi connectivity index (χ4n) is 2.79. The minimum atomic E-state index is -4.21. The van der Waals surface area contributed by atoms with Crippen LogP contribution in [0, 0.1) is 11.3 Å². The fourth-order valence-corrected chi connectivity index (χ4v) is 2.79. The average molecular weight is 272 g/mol. The Bertz CT molecular complexity index is 418. The first-order valence-electron chi connectivity index (χ1n) is 6.40. The summed E-state index contributed by atoms with van der Waals surface area (Å²) in [6.07, 6.45) is -4.21. The van der Waals surface area contributed by atoms with E-state index in [9.17, 15) is 13.2 Å². The first-order valence-corrected chi connectivity index (χ1v) is 6.40. The summed E-state index contributed by atoms with van der Waals surface area (Å²) in [6.45, 7) is 2.33. The SMILES string of the molecule is C[C@]1(C(F)(F)F)CN(Cc2ccccc2)C[C@H]1CN. The van der Waals surface area contributed by atoms with E-state index in [4.69, 9.17) is 5.73 Å². The molecule has 1 aromatic rings. The van der Waals surface area contributed by atoms with Crippen LogP contribution in [0.15, 0.2) is 30.3 Å². The maximum atomic E-state index is 13.2. The summed E-state index contributed by atoms with van der Waals surface area (Å²) in [5.74, 6) is -0.531. The molecule has 2 rings (SSSR count). The number of hydrogen-bond acceptors (Lipinski definition) is 2. The smallest absolute Gasteiger partial charge is 0.330 e. The number of rotatable bonds is 3. The van der Waals surface area contributed by atoms with Crippen LogP contribution in [-0.2, 0) is 6.54 Å². The molecule has 1 aromatic carbocycles. The van der Waals surface area contributed by atoms with Crippen molar-refractivity contribution in [2.75, 3.05) is 19.6 Å². The van der Waals surface area contributed by atoms with Gasteiger partial charge in [-0.05, 0) is 24.9 Å². The first kappa shape index (κ1) is 14.3. The van der Waals surface area contributed by atoms with Crippen LogP contribution in [0.3, 0.4) is 0 Å². The molecule has 1 aliphatic heterocycles. The van der Waals surface area contributed by atoms with Gasteiger partial charge in [0.15, 0.2) is 0 Å². The highest BCUT2D eigenvalue weighted by Crippen LogP contribution is 2.48. The Morgan fingerprint density at radius 2 is 1.95 bits per heavy atom. The molecule has 1 heterocycles. The van der Waals surface area contributed by atoms with Crippen molar-refractivity contribution < 1.29 is 13.2 Å². The van der Waals surface area contributed by atoms with Crippen molar-refractivity contribution in [2.45, 2.75) is 19.6 Å². The van der Waals surface area contributed by atoms with E-state index in [1.165, 1.54) is 6.92 Å². The molecule has 106 valence electrons. The molecule has 5 heteroatoms. The van der Waals surface area contributed by atoms with Gasteiger partial charge in [-0.2, -0.15) is 13.2 Å². The number of nitrogens with zero attached hydrogens (tertiary/aromatic N) is 1. The molecule has 1 fully saturated rings. The van der Waals surface area contributed by atoms with E-state index in [-0.39, 0.29) is 13.1 Å². The van der Waals surface area contributed by atoms with E-state index in [0.29, 0.717) is 13.1 Å². The third-order valence-electron chi connectivity index (χ3n) is 4.11. The Morgan fingerprint density at radius 1 is 1.32 bits per heavy atom. The van der Waals surface area contributed by atoms with Crippen LogP contribution in [0.1, 0.15) is 12.5 Å². The molecule has 2 N–H and O–H groups in total. The largest absolute Gasteiger partial charge is 0.395 e. The van der Waals surface area contributed by atoms with E-state index < -0.39 is 17.5 Å². The average Bonchev–Trinajstić information content (AvgIpc) is 2.67. The van der Waals surface area contributed by atoms with Crippen LogP contribution in [0.5, 0.6) is 0 Å². The second kappa shape index (κ2) is 5.13. The molecule has 0 spiro atoms. The van der Waals surface area contributed by atoms with Crippen molar-refractivity contribution in [3.8, 4) is 0 Å². The summed E-state index contributed by atoms with van der Waals surface area (Å²) in [5.41, 5.74) is 4.87. The maximum Gasteiger partial charge on any atom is 0.395 e. The van der Waals surface area contributed by atoms with Gasteiger partial charge in [-0.25, -0.2) is 0 Å². The monoisotopic (exact) mass is 272 g/mol. The lowest BCUT2D eigenvalue weighted by Crippen LogP contribution is -2.44. The highest BCUT2D eigenvalue weighted by Gasteiger charge is 2.59. The summed E-state index contributed by atoms with van der Waals surface area (Å²) in [7, 11) is 0. The minimum absolute atomic E-state index is 0.0211. The van der Waals surface area contributed by atoms with Gasteiger partial charge in [-0.3, -0.25) is 4.90 Å². The van der Waals surface area contributed by atoms with Crippen LogP contribution in [0.25, 0.3) is 0 Å². The van der Waals surface area contributed by atoms with Crippen molar-refractivity contribution in [1.29, 1.82) is 0 Å². The molecule has 0 aliphatic carbocycles. The van der Waals surface area contributed by atoms with Crippen molar-refractivity contribution in [3.63, 3.8) is 0 Å². The predicted molar refractivity (Wildman–Crippen MR) is 68.4 cm³/mol. The zero-order valence-electron chi connectivity index (χ0n) is 11.0. The molecular formula is C14H19F3N2. The molecule has 2 nitrogen and oxygen atoms in total.